The Labute approximate surface area is 163 Å². The van der Waals surface area contributed by atoms with Crippen molar-refractivity contribution in [3.05, 3.63) is 46.2 Å². The van der Waals surface area contributed by atoms with Gasteiger partial charge in [-0.2, -0.15) is 13.2 Å². The average molecular weight is 410 g/mol. The molecule has 2 saturated heterocycles. The number of benzene rings is 1. The first-order valence-corrected chi connectivity index (χ1v) is 9.52. The van der Waals surface area contributed by atoms with Gasteiger partial charge in [0, 0.05) is 24.8 Å². The standard InChI is InChI=1S/C19H17F3N2O3S/c1-27-14-4-2-11(3-5-14)23-9-13-8-12(23)10-24(13)18(26)16-7-6-15(28-16)17(25)19(20,21)22/h2-7,12-13H,8-10H2,1H3. The van der Waals surface area contributed by atoms with Crippen molar-refractivity contribution in [2.45, 2.75) is 24.7 Å². The lowest BCUT2D eigenvalue weighted by Crippen LogP contribution is -2.48. The molecular weight excluding hydrogens is 393 g/mol. The summed E-state index contributed by atoms with van der Waals surface area (Å²) in [6, 6.07) is 10.3. The molecule has 2 aliphatic heterocycles. The van der Waals surface area contributed by atoms with Gasteiger partial charge in [-0.05, 0) is 42.8 Å². The third-order valence-electron chi connectivity index (χ3n) is 5.20. The van der Waals surface area contributed by atoms with Crippen molar-refractivity contribution in [1.82, 2.24) is 4.90 Å². The molecule has 28 heavy (non-hydrogen) atoms. The molecule has 2 fully saturated rings. The number of carbonyl (C=O) groups excluding carboxylic acids is 2. The van der Waals surface area contributed by atoms with E-state index in [0.717, 1.165) is 23.9 Å². The molecule has 2 aromatic rings. The summed E-state index contributed by atoms with van der Waals surface area (Å²) in [5.74, 6) is -1.45. The van der Waals surface area contributed by atoms with Crippen LogP contribution in [0.2, 0.25) is 0 Å². The number of amides is 1. The monoisotopic (exact) mass is 410 g/mol. The summed E-state index contributed by atoms with van der Waals surface area (Å²) in [7, 11) is 1.61. The van der Waals surface area contributed by atoms with E-state index in [1.807, 2.05) is 24.3 Å². The average Bonchev–Trinajstić information content (AvgIpc) is 3.41. The van der Waals surface area contributed by atoms with Gasteiger partial charge in [-0.1, -0.05) is 0 Å². The molecule has 2 unspecified atom stereocenters. The van der Waals surface area contributed by atoms with E-state index in [9.17, 15) is 22.8 Å². The Balaban J connectivity index is 1.45. The number of halogens is 3. The van der Waals surface area contributed by atoms with Crippen LogP contribution in [0.4, 0.5) is 18.9 Å². The fourth-order valence-electron chi connectivity index (χ4n) is 3.86. The molecule has 3 heterocycles. The van der Waals surface area contributed by atoms with Gasteiger partial charge in [-0.25, -0.2) is 0 Å². The molecule has 0 aliphatic carbocycles. The van der Waals surface area contributed by atoms with Gasteiger partial charge in [-0.15, -0.1) is 11.3 Å². The molecule has 2 bridgehead atoms. The van der Waals surface area contributed by atoms with Crippen LogP contribution in [0.5, 0.6) is 5.75 Å². The summed E-state index contributed by atoms with van der Waals surface area (Å²) in [6.45, 7) is 1.18. The third-order valence-corrected chi connectivity index (χ3v) is 6.28. The lowest BCUT2D eigenvalue weighted by molar-refractivity contribution is -0.0882. The predicted molar refractivity (Wildman–Crippen MR) is 98.3 cm³/mol. The zero-order valence-corrected chi connectivity index (χ0v) is 15.7. The van der Waals surface area contributed by atoms with E-state index < -0.39 is 16.8 Å². The van der Waals surface area contributed by atoms with Crippen LogP contribution in [-0.4, -0.2) is 55.0 Å². The van der Waals surface area contributed by atoms with Crippen molar-refractivity contribution in [2.24, 2.45) is 0 Å². The van der Waals surface area contributed by atoms with E-state index in [0.29, 0.717) is 24.4 Å². The number of nitrogens with zero attached hydrogens (tertiary/aromatic N) is 2. The van der Waals surface area contributed by atoms with Gasteiger partial charge in [-0.3, -0.25) is 9.59 Å². The van der Waals surface area contributed by atoms with Crippen LogP contribution >= 0.6 is 11.3 Å². The summed E-state index contributed by atoms with van der Waals surface area (Å²) < 4.78 is 42.9. The van der Waals surface area contributed by atoms with Gasteiger partial charge in [0.1, 0.15) is 5.75 Å². The highest BCUT2D eigenvalue weighted by molar-refractivity contribution is 7.16. The normalized spacial score (nSPS) is 21.3. The van der Waals surface area contributed by atoms with Crippen LogP contribution in [0.25, 0.3) is 0 Å². The number of Topliss-reactive ketones (excluding diaryl/α,β-unsaturated/α-hetero) is 1. The van der Waals surface area contributed by atoms with E-state index in [4.69, 9.17) is 4.74 Å². The van der Waals surface area contributed by atoms with Crippen molar-refractivity contribution < 1.29 is 27.5 Å². The van der Waals surface area contributed by atoms with Crippen molar-refractivity contribution >= 4 is 28.7 Å². The Bertz CT molecular complexity index is 910. The van der Waals surface area contributed by atoms with Crippen molar-refractivity contribution in [1.29, 1.82) is 0 Å². The maximum absolute atomic E-state index is 12.8. The number of rotatable bonds is 4. The second-order valence-electron chi connectivity index (χ2n) is 6.84. The fourth-order valence-corrected chi connectivity index (χ4v) is 4.78. The van der Waals surface area contributed by atoms with Gasteiger partial charge in [0.2, 0.25) is 0 Å². The molecule has 0 saturated carbocycles. The lowest BCUT2D eigenvalue weighted by atomic mass is 10.2. The van der Waals surface area contributed by atoms with Gasteiger partial charge in [0.15, 0.2) is 0 Å². The van der Waals surface area contributed by atoms with E-state index in [1.165, 1.54) is 6.07 Å². The van der Waals surface area contributed by atoms with Gasteiger partial charge in [0.25, 0.3) is 11.7 Å². The lowest BCUT2D eigenvalue weighted by Gasteiger charge is -2.35. The minimum absolute atomic E-state index is 0.00321. The summed E-state index contributed by atoms with van der Waals surface area (Å²) in [5.41, 5.74) is 1.05. The molecule has 1 amide bonds. The number of methoxy groups -OCH3 is 1. The number of alkyl halides is 3. The summed E-state index contributed by atoms with van der Waals surface area (Å²) in [6.07, 6.45) is -4.12. The zero-order chi connectivity index (χ0) is 20.1. The van der Waals surface area contributed by atoms with Crippen LogP contribution in [0.3, 0.4) is 0 Å². The number of fused-ring (bicyclic) bond motifs is 2. The fraction of sp³-hybridized carbons (Fsp3) is 0.368. The minimum atomic E-state index is -4.93. The number of hydrogen-bond donors (Lipinski definition) is 0. The first kappa shape index (κ1) is 18.8. The predicted octanol–water partition coefficient (Wildman–Crippen LogP) is 3.61. The molecule has 148 valence electrons. The second-order valence-corrected chi connectivity index (χ2v) is 7.93. The van der Waals surface area contributed by atoms with Gasteiger partial charge >= 0.3 is 6.18 Å². The van der Waals surface area contributed by atoms with E-state index >= 15 is 0 Å². The van der Waals surface area contributed by atoms with E-state index in [2.05, 4.69) is 4.90 Å². The molecule has 2 atom stereocenters. The molecule has 0 spiro atoms. The number of ether oxygens (including phenoxy) is 1. The smallest absolute Gasteiger partial charge is 0.455 e. The summed E-state index contributed by atoms with van der Waals surface area (Å²) in [5, 5.41) is 0. The van der Waals surface area contributed by atoms with Gasteiger partial charge in [0.05, 0.1) is 22.9 Å². The highest BCUT2D eigenvalue weighted by Gasteiger charge is 2.46. The van der Waals surface area contributed by atoms with E-state index in [1.54, 1.807) is 12.0 Å². The molecule has 0 radical (unpaired) electrons. The third kappa shape index (κ3) is 3.23. The number of carbonyl (C=O) groups is 2. The number of anilines is 1. The molecule has 9 heteroatoms. The second kappa shape index (κ2) is 6.80. The first-order valence-electron chi connectivity index (χ1n) is 8.71. The van der Waals surface area contributed by atoms with Gasteiger partial charge < -0.3 is 14.5 Å². The Hall–Kier alpha value is -2.55. The number of thiophene rings is 1. The maximum atomic E-state index is 12.8. The Morgan fingerprint density at radius 3 is 2.29 bits per heavy atom. The first-order chi connectivity index (χ1) is 13.3. The molecule has 1 aromatic heterocycles. The highest BCUT2D eigenvalue weighted by atomic mass is 32.1. The van der Waals surface area contributed by atoms with Crippen LogP contribution in [-0.2, 0) is 0 Å². The SMILES string of the molecule is COc1ccc(N2CC3CC2CN3C(=O)c2ccc(C(=O)C(F)(F)F)s2)cc1. The number of piperazine rings is 1. The minimum Gasteiger partial charge on any atom is -0.497 e. The molecular formula is C19H17F3N2O3S. The van der Waals surface area contributed by atoms with Crippen LogP contribution in [0.1, 0.15) is 25.8 Å². The largest absolute Gasteiger partial charge is 0.497 e. The molecule has 5 nitrogen and oxygen atoms in total. The summed E-state index contributed by atoms with van der Waals surface area (Å²) in [4.78, 5) is 27.7. The van der Waals surface area contributed by atoms with Crippen LogP contribution in [0.15, 0.2) is 36.4 Å². The van der Waals surface area contributed by atoms with Crippen molar-refractivity contribution in [2.75, 3.05) is 25.1 Å². The molecule has 0 N–H and O–H groups in total. The Morgan fingerprint density at radius 1 is 1.04 bits per heavy atom. The number of ketones is 1. The highest BCUT2D eigenvalue weighted by Crippen LogP contribution is 2.37. The van der Waals surface area contributed by atoms with Crippen molar-refractivity contribution in [3.8, 4) is 5.75 Å². The zero-order valence-electron chi connectivity index (χ0n) is 14.9. The van der Waals surface area contributed by atoms with Crippen LogP contribution in [0, 0.1) is 0 Å². The molecule has 1 aromatic carbocycles. The Morgan fingerprint density at radius 2 is 1.71 bits per heavy atom. The molecule has 4 rings (SSSR count). The summed E-state index contributed by atoms with van der Waals surface area (Å²) >= 11 is 0.603. The quantitative estimate of drug-likeness (QED) is 0.723. The Kier molecular flexibility index (Phi) is 4.57. The van der Waals surface area contributed by atoms with Crippen molar-refractivity contribution in [3.63, 3.8) is 0 Å². The number of likely N-dealkylation sites (tertiary alicyclic amines) is 1. The number of hydrogen-bond acceptors (Lipinski definition) is 5. The maximum Gasteiger partial charge on any atom is 0.455 e. The van der Waals surface area contributed by atoms with E-state index in [-0.39, 0.29) is 22.9 Å². The topological polar surface area (TPSA) is 49.9 Å². The molecule has 2 aliphatic rings. The van der Waals surface area contributed by atoms with Crippen LogP contribution < -0.4 is 9.64 Å².